The summed E-state index contributed by atoms with van der Waals surface area (Å²) in [5.41, 5.74) is 0.736. The second-order valence-corrected chi connectivity index (χ2v) is 6.39. The van der Waals surface area contributed by atoms with Crippen LogP contribution in [0.5, 0.6) is 0 Å². The molecule has 24 heavy (non-hydrogen) atoms. The number of nitrogens with one attached hydrogen (secondary N) is 2. The molecular formula is C18H25N5O. The average molecular weight is 327 g/mol. The molecule has 1 aliphatic heterocycles. The standard InChI is InChI=1S/C18H25N5O/c1-19-17(24)18(21-16-8-11-20-22(16)2)9-12-23(13-10-18)14-15-6-4-3-5-7-15/h3-8,11,21H,9-10,12-14H2,1-2H3,(H,19,24). The van der Waals surface area contributed by atoms with Crippen LogP contribution in [0.15, 0.2) is 42.6 Å². The lowest BCUT2D eigenvalue weighted by Gasteiger charge is -2.41. The number of hydrogen-bond acceptors (Lipinski definition) is 4. The topological polar surface area (TPSA) is 62.2 Å². The fourth-order valence-electron chi connectivity index (χ4n) is 3.32. The number of nitrogens with zero attached hydrogens (tertiary/aromatic N) is 3. The smallest absolute Gasteiger partial charge is 0.245 e. The number of likely N-dealkylation sites (N-methyl/N-ethyl adjacent to an activating group) is 1. The molecule has 1 fully saturated rings. The number of likely N-dealkylation sites (tertiary alicyclic amines) is 1. The number of hydrogen-bond donors (Lipinski definition) is 2. The van der Waals surface area contributed by atoms with Gasteiger partial charge >= 0.3 is 0 Å². The summed E-state index contributed by atoms with van der Waals surface area (Å²) in [5.74, 6) is 0.915. The molecule has 6 heteroatoms. The van der Waals surface area contributed by atoms with Crippen LogP contribution >= 0.6 is 0 Å². The van der Waals surface area contributed by atoms with Gasteiger partial charge in [0, 0.05) is 39.8 Å². The fourth-order valence-corrected chi connectivity index (χ4v) is 3.32. The van der Waals surface area contributed by atoms with Crippen molar-refractivity contribution in [3.8, 4) is 0 Å². The van der Waals surface area contributed by atoms with Gasteiger partial charge in [0.2, 0.25) is 5.91 Å². The first-order valence-corrected chi connectivity index (χ1v) is 8.38. The molecule has 1 saturated heterocycles. The van der Waals surface area contributed by atoms with Crippen molar-refractivity contribution < 1.29 is 4.79 Å². The minimum Gasteiger partial charge on any atom is -0.357 e. The van der Waals surface area contributed by atoms with E-state index in [0.717, 1.165) is 38.3 Å². The monoisotopic (exact) mass is 327 g/mol. The third kappa shape index (κ3) is 3.43. The summed E-state index contributed by atoms with van der Waals surface area (Å²) in [6, 6.07) is 12.4. The second-order valence-electron chi connectivity index (χ2n) is 6.39. The van der Waals surface area contributed by atoms with E-state index < -0.39 is 5.54 Å². The summed E-state index contributed by atoms with van der Waals surface area (Å²) in [7, 11) is 3.58. The van der Waals surface area contributed by atoms with Crippen LogP contribution in [0, 0.1) is 0 Å². The van der Waals surface area contributed by atoms with E-state index in [1.807, 2.05) is 19.2 Å². The van der Waals surface area contributed by atoms with Crippen LogP contribution in [0.3, 0.4) is 0 Å². The molecule has 1 amide bonds. The van der Waals surface area contributed by atoms with Crippen molar-refractivity contribution in [3.63, 3.8) is 0 Å². The Morgan fingerprint density at radius 2 is 1.92 bits per heavy atom. The highest BCUT2D eigenvalue weighted by Crippen LogP contribution is 2.28. The molecule has 2 N–H and O–H groups in total. The molecule has 1 aliphatic rings. The normalized spacial score (nSPS) is 17.4. The van der Waals surface area contributed by atoms with Crippen molar-refractivity contribution in [1.82, 2.24) is 20.0 Å². The SMILES string of the molecule is CNC(=O)C1(Nc2ccnn2C)CCN(Cc2ccccc2)CC1. The highest BCUT2D eigenvalue weighted by Gasteiger charge is 2.41. The average Bonchev–Trinajstić information content (AvgIpc) is 3.01. The Bertz CT molecular complexity index is 674. The Balaban J connectivity index is 1.69. The number of piperidine rings is 1. The van der Waals surface area contributed by atoms with Gasteiger partial charge in [0.05, 0.1) is 6.20 Å². The van der Waals surface area contributed by atoms with Crippen molar-refractivity contribution >= 4 is 11.7 Å². The number of rotatable bonds is 5. The molecule has 1 aromatic heterocycles. The molecule has 2 aromatic rings. The van der Waals surface area contributed by atoms with Crippen LogP contribution in [-0.4, -0.2) is 46.3 Å². The molecule has 0 radical (unpaired) electrons. The van der Waals surface area contributed by atoms with Gasteiger partial charge in [0.15, 0.2) is 0 Å². The van der Waals surface area contributed by atoms with Gasteiger partial charge in [-0.25, -0.2) is 0 Å². The first-order chi connectivity index (χ1) is 11.6. The van der Waals surface area contributed by atoms with Crippen LogP contribution in [-0.2, 0) is 18.4 Å². The van der Waals surface area contributed by atoms with E-state index in [-0.39, 0.29) is 5.91 Å². The van der Waals surface area contributed by atoms with Crippen LogP contribution in [0.1, 0.15) is 18.4 Å². The predicted molar refractivity (Wildman–Crippen MR) is 94.6 cm³/mol. The third-order valence-corrected chi connectivity index (χ3v) is 4.81. The van der Waals surface area contributed by atoms with E-state index in [0.29, 0.717) is 0 Å². The summed E-state index contributed by atoms with van der Waals surface area (Å²) in [6.07, 6.45) is 3.28. The van der Waals surface area contributed by atoms with E-state index in [1.165, 1.54) is 5.56 Å². The van der Waals surface area contributed by atoms with E-state index in [4.69, 9.17) is 0 Å². The van der Waals surface area contributed by atoms with Crippen molar-refractivity contribution in [2.75, 3.05) is 25.5 Å². The minimum atomic E-state index is -0.574. The first-order valence-electron chi connectivity index (χ1n) is 8.38. The Kier molecular flexibility index (Phi) is 4.85. The maximum absolute atomic E-state index is 12.6. The highest BCUT2D eigenvalue weighted by atomic mass is 16.2. The Morgan fingerprint density at radius 1 is 1.21 bits per heavy atom. The molecule has 0 aliphatic carbocycles. The zero-order valence-corrected chi connectivity index (χ0v) is 14.3. The van der Waals surface area contributed by atoms with Gasteiger partial charge in [0.1, 0.15) is 11.4 Å². The lowest BCUT2D eigenvalue weighted by atomic mass is 9.86. The van der Waals surface area contributed by atoms with Gasteiger partial charge in [-0.3, -0.25) is 14.4 Å². The highest BCUT2D eigenvalue weighted by molar-refractivity contribution is 5.89. The van der Waals surface area contributed by atoms with E-state index in [1.54, 1.807) is 17.9 Å². The largest absolute Gasteiger partial charge is 0.357 e. The van der Waals surface area contributed by atoms with Crippen molar-refractivity contribution in [1.29, 1.82) is 0 Å². The molecule has 0 atom stereocenters. The summed E-state index contributed by atoms with van der Waals surface area (Å²) in [4.78, 5) is 15.0. The van der Waals surface area contributed by atoms with E-state index in [2.05, 4.69) is 44.9 Å². The van der Waals surface area contributed by atoms with Crippen LogP contribution < -0.4 is 10.6 Å². The van der Waals surface area contributed by atoms with Crippen LogP contribution in [0.4, 0.5) is 5.82 Å². The lowest BCUT2D eigenvalue weighted by molar-refractivity contribution is -0.126. The molecule has 1 aromatic carbocycles. The van der Waals surface area contributed by atoms with Gasteiger partial charge in [-0.05, 0) is 18.4 Å². The van der Waals surface area contributed by atoms with Crippen LogP contribution in [0.25, 0.3) is 0 Å². The van der Waals surface area contributed by atoms with Gasteiger partial charge in [-0.15, -0.1) is 0 Å². The quantitative estimate of drug-likeness (QED) is 0.876. The Labute approximate surface area is 142 Å². The van der Waals surface area contributed by atoms with Gasteiger partial charge in [0.25, 0.3) is 0 Å². The number of benzene rings is 1. The molecule has 0 spiro atoms. The fraction of sp³-hybridized carbons (Fsp3) is 0.444. The van der Waals surface area contributed by atoms with Crippen molar-refractivity contribution in [2.24, 2.45) is 7.05 Å². The van der Waals surface area contributed by atoms with Crippen molar-refractivity contribution in [3.05, 3.63) is 48.2 Å². The number of amides is 1. The molecule has 2 heterocycles. The molecular weight excluding hydrogens is 302 g/mol. The molecule has 3 rings (SSSR count). The molecule has 0 saturated carbocycles. The summed E-state index contributed by atoms with van der Waals surface area (Å²) in [6.45, 7) is 2.69. The number of anilines is 1. The maximum Gasteiger partial charge on any atom is 0.245 e. The molecule has 0 bridgehead atoms. The Hall–Kier alpha value is -2.34. The molecule has 6 nitrogen and oxygen atoms in total. The van der Waals surface area contributed by atoms with Gasteiger partial charge < -0.3 is 10.6 Å². The number of carbonyl (C=O) groups is 1. The van der Waals surface area contributed by atoms with E-state index >= 15 is 0 Å². The van der Waals surface area contributed by atoms with Gasteiger partial charge in [-0.2, -0.15) is 5.10 Å². The lowest BCUT2D eigenvalue weighted by Crippen LogP contribution is -2.57. The molecule has 0 unspecified atom stereocenters. The number of aromatic nitrogens is 2. The zero-order chi connectivity index (χ0) is 17.0. The second kappa shape index (κ2) is 7.05. The minimum absolute atomic E-state index is 0.0445. The van der Waals surface area contributed by atoms with Crippen LogP contribution in [0.2, 0.25) is 0 Å². The summed E-state index contributed by atoms with van der Waals surface area (Å²) in [5, 5.41) is 10.4. The zero-order valence-electron chi connectivity index (χ0n) is 14.3. The predicted octanol–water partition coefficient (Wildman–Crippen LogP) is 1.61. The van der Waals surface area contributed by atoms with Gasteiger partial charge in [-0.1, -0.05) is 30.3 Å². The van der Waals surface area contributed by atoms with Crippen molar-refractivity contribution in [2.45, 2.75) is 24.9 Å². The van der Waals surface area contributed by atoms with E-state index in [9.17, 15) is 4.79 Å². The Morgan fingerprint density at radius 3 is 2.50 bits per heavy atom. The first kappa shape index (κ1) is 16.5. The number of aryl methyl sites for hydroxylation is 1. The number of carbonyl (C=O) groups excluding carboxylic acids is 1. The molecule has 128 valence electrons. The third-order valence-electron chi connectivity index (χ3n) is 4.81. The summed E-state index contributed by atoms with van der Waals surface area (Å²) >= 11 is 0. The summed E-state index contributed by atoms with van der Waals surface area (Å²) < 4.78 is 1.76. The maximum atomic E-state index is 12.6.